The predicted octanol–water partition coefficient (Wildman–Crippen LogP) is 4.63. The van der Waals surface area contributed by atoms with E-state index in [4.69, 9.17) is 35.4 Å². The minimum atomic E-state index is -0.557. The number of nitrogens with zero attached hydrogens (tertiary/aromatic N) is 2. The molecule has 1 aliphatic rings. The number of nitro groups is 1. The Morgan fingerprint density at radius 2 is 1.86 bits per heavy atom. The third-order valence-corrected chi connectivity index (χ3v) is 5.04. The summed E-state index contributed by atoms with van der Waals surface area (Å²) >= 11 is 17.0. The molecular weight excluding hydrogens is 423 g/mol. The molecule has 0 aliphatic carbocycles. The Kier molecular flexibility index (Phi) is 6.33. The molecular formula is C18H16Cl2N4O3S. The van der Waals surface area contributed by atoms with Gasteiger partial charge in [0.05, 0.1) is 15.6 Å². The average Bonchev–Trinajstić information content (AvgIpc) is 3.18. The number of carbonyl (C=O) groups is 1. The summed E-state index contributed by atoms with van der Waals surface area (Å²) in [5, 5.41) is 17.6. The fourth-order valence-corrected chi connectivity index (χ4v) is 3.61. The first kappa shape index (κ1) is 20.3. The van der Waals surface area contributed by atoms with Crippen LogP contribution in [0.15, 0.2) is 36.4 Å². The molecule has 3 rings (SSSR count). The number of nitro benzene ring substituents is 1. The highest BCUT2D eigenvalue weighted by molar-refractivity contribution is 7.80. The van der Waals surface area contributed by atoms with Crippen molar-refractivity contribution >= 4 is 63.5 Å². The Balaban J connectivity index is 1.73. The van der Waals surface area contributed by atoms with Gasteiger partial charge in [-0.15, -0.1) is 0 Å². The molecule has 10 heteroatoms. The first-order valence-corrected chi connectivity index (χ1v) is 9.62. The van der Waals surface area contributed by atoms with Gasteiger partial charge in [-0.2, -0.15) is 0 Å². The molecule has 0 spiro atoms. The predicted molar refractivity (Wildman–Crippen MR) is 115 cm³/mol. The number of hydrogen-bond donors (Lipinski definition) is 2. The van der Waals surface area contributed by atoms with E-state index < -0.39 is 10.8 Å². The van der Waals surface area contributed by atoms with Gasteiger partial charge in [0.15, 0.2) is 5.11 Å². The molecule has 1 aliphatic heterocycles. The zero-order valence-electron chi connectivity index (χ0n) is 14.6. The van der Waals surface area contributed by atoms with Gasteiger partial charge in [0.25, 0.3) is 11.6 Å². The number of nitrogens with one attached hydrogen (secondary N) is 2. The van der Waals surface area contributed by atoms with E-state index in [-0.39, 0.29) is 16.4 Å². The van der Waals surface area contributed by atoms with Crippen LogP contribution in [0.25, 0.3) is 0 Å². The summed E-state index contributed by atoms with van der Waals surface area (Å²) in [7, 11) is 0. The van der Waals surface area contributed by atoms with Gasteiger partial charge in [-0.25, -0.2) is 0 Å². The molecule has 0 bridgehead atoms. The number of rotatable bonds is 4. The lowest BCUT2D eigenvalue weighted by Crippen LogP contribution is -2.34. The van der Waals surface area contributed by atoms with Crippen molar-refractivity contribution in [3.05, 3.63) is 62.1 Å². The summed E-state index contributed by atoms with van der Waals surface area (Å²) in [5.74, 6) is -0.557. The number of halogens is 2. The molecule has 1 heterocycles. The Morgan fingerprint density at radius 1 is 1.14 bits per heavy atom. The number of hydrogen-bond acceptors (Lipinski definition) is 5. The first-order chi connectivity index (χ1) is 13.3. The lowest BCUT2D eigenvalue weighted by Gasteiger charge is -2.18. The Hall–Kier alpha value is -2.42. The monoisotopic (exact) mass is 438 g/mol. The summed E-state index contributed by atoms with van der Waals surface area (Å²) in [6.45, 7) is 1.53. The van der Waals surface area contributed by atoms with Crippen LogP contribution in [0.1, 0.15) is 23.2 Å². The van der Waals surface area contributed by atoms with Crippen molar-refractivity contribution in [3.63, 3.8) is 0 Å². The van der Waals surface area contributed by atoms with Gasteiger partial charge in [0.2, 0.25) is 0 Å². The summed E-state index contributed by atoms with van der Waals surface area (Å²) in [4.78, 5) is 25.4. The highest BCUT2D eigenvalue weighted by Crippen LogP contribution is 2.31. The second-order valence-corrected chi connectivity index (χ2v) is 7.44. The molecule has 1 amide bonds. The summed E-state index contributed by atoms with van der Waals surface area (Å²) in [5.41, 5.74) is 1.04. The van der Waals surface area contributed by atoms with Crippen molar-refractivity contribution < 1.29 is 9.72 Å². The van der Waals surface area contributed by atoms with Gasteiger partial charge in [0.1, 0.15) is 5.69 Å². The van der Waals surface area contributed by atoms with Gasteiger partial charge in [-0.05, 0) is 55.4 Å². The summed E-state index contributed by atoms with van der Waals surface area (Å²) in [6.07, 6.45) is 1.99. The fourth-order valence-electron chi connectivity index (χ4n) is 2.96. The standard InChI is InChI=1S/C18H16Cl2N4O3S/c19-12-4-5-14(13(20)10-12)21-18(28)22-17(25)11-3-6-15(16(9-11)24(26)27)23-7-1-2-8-23/h3-6,9-10H,1-2,7-8H2,(H2,21,22,25,28). The van der Waals surface area contributed by atoms with Gasteiger partial charge in [0, 0.05) is 29.7 Å². The molecule has 0 unspecified atom stereocenters. The minimum absolute atomic E-state index is 0.0143. The number of benzene rings is 2. The maximum Gasteiger partial charge on any atom is 0.293 e. The van der Waals surface area contributed by atoms with E-state index in [0.29, 0.717) is 21.4 Å². The van der Waals surface area contributed by atoms with E-state index in [1.54, 1.807) is 24.3 Å². The van der Waals surface area contributed by atoms with Crippen LogP contribution in [0, 0.1) is 10.1 Å². The largest absolute Gasteiger partial charge is 0.366 e. The third kappa shape index (κ3) is 4.70. The molecule has 0 aromatic heterocycles. The van der Waals surface area contributed by atoms with E-state index in [1.165, 1.54) is 12.1 Å². The summed E-state index contributed by atoms with van der Waals surface area (Å²) in [6, 6.07) is 9.20. The van der Waals surface area contributed by atoms with Gasteiger partial charge >= 0.3 is 0 Å². The molecule has 2 aromatic carbocycles. The Bertz CT molecular complexity index is 948. The lowest BCUT2D eigenvalue weighted by molar-refractivity contribution is -0.384. The molecule has 1 fully saturated rings. The number of anilines is 2. The van der Waals surface area contributed by atoms with Crippen LogP contribution in [0.4, 0.5) is 17.1 Å². The Labute approximate surface area is 176 Å². The first-order valence-electron chi connectivity index (χ1n) is 8.46. The molecule has 0 saturated carbocycles. The number of amides is 1. The lowest BCUT2D eigenvalue weighted by atomic mass is 10.1. The second-order valence-electron chi connectivity index (χ2n) is 6.19. The number of thiocarbonyl (C=S) groups is 1. The number of carbonyl (C=O) groups excluding carboxylic acids is 1. The molecule has 1 saturated heterocycles. The van der Waals surface area contributed by atoms with Crippen LogP contribution in [0.2, 0.25) is 10.0 Å². The zero-order chi connectivity index (χ0) is 20.3. The minimum Gasteiger partial charge on any atom is -0.366 e. The molecule has 2 aromatic rings. The van der Waals surface area contributed by atoms with Crippen LogP contribution < -0.4 is 15.5 Å². The van der Waals surface area contributed by atoms with Gasteiger partial charge in [-0.3, -0.25) is 20.2 Å². The maximum absolute atomic E-state index is 12.5. The second kappa shape index (κ2) is 8.72. The molecule has 146 valence electrons. The van der Waals surface area contributed by atoms with Gasteiger partial charge in [-0.1, -0.05) is 23.2 Å². The van der Waals surface area contributed by atoms with Crippen LogP contribution >= 0.6 is 35.4 Å². The fraction of sp³-hybridized carbons (Fsp3) is 0.222. The van der Waals surface area contributed by atoms with Crippen molar-refractivity contribution in [2.45, 2.75) is 12.8 Å². The van der Waals surface area contributed by atoms with Crippen molar-refractivity contribution in [1.82, 2.24) is 5.32 Å². The van der Waals surface area contributed by atoms with E-state index >= 15 is 0 Å². The van der Waals surface area contributed by atoms with Crippen LogP contribution in [-0.4, -0.2) is 29.0 Å². The van der Waals surface area contributed by atoms with E-state index in [0.717, 1.165) is 25.9 Å². The van der Waals surface area contributed by atoms with Crippen LogP contribution in [0.5, 0.6) is 0 Å². The van der Waals surface area contributed by atoms with Crippen molar-refractivity contribution in [1.29, 1.82) is 0 Å². The highest BCUT2D eigenvalue weighted by atomic mass is 35.5. The maximum atomic E-state index is 12.5. The smallest absolute Gasteiger partial charge is 0.293 e. The van der Waals surface area contributed by atoms with Crippen molar-refractivity contribution in [2.24, 2.45) is 0 Å². The summed E-state index contributed by atoms with van der Waals surface area (Å²) < 4.78 is 0. The Morgan fingerprint density at radius 3 is 2.50 bits per heavy atom. The topological polar surface area (TPSA) is 87.5 Å². The van der Waals surface area contributed by atoms with Gasteiger partial charge < -0.3 is 10.2 Å². The highest BCUT2D eigenvalue weighted by Gasteiger charge is 2.24. The molecule has 28 heavy (non-hydrogen) atoms. The average molecular weight is 439 g/mol. The van der Waals surface area contributed by atoms with E-state index in [1.807, 2.05) is 4.90 Å². The quantitative estimate of drug-likeness (QED) is 0.411. The third-order valence-electron chi connectivity index (χ3n) is 4.29. The molecule has 7 nitrogen and oxygen atoms in total. The molecule has 0 atom stereocenters. The van der Waals surface area contributed by atoms with Crippen LogP contribution in [0.3, 0.4) is 0 Å². The van der Waals surface area contributed by atoms with Crippen molar-refractivity contribution in [2.75, 3.05) is 23.3 Å². The van der Waals surface area contributed by atoms with E-state index in [9.17, 15) is 14.9 Å². The SMILES string of the molecule is O=C(NC(=S)Nc1ccc(Cl)cc1Cl)c1ccc(N2CCCC2)c([N+](=O)[O-])c1. The molecule has 0 radical (unpaired) electrons. The molecule has 2 N–H and O–H groups in total. The zero-order valence-corrected chi connectivity index (χ0v) is 16.9. The normalized spacial score (nSPS) is 13.3. The van der Waals surface area contributed by atoms with Crippen molar-refractivity contribution in [3.8, 4) is 0 Å². The van der Waals surface area contributed by atoms with Crippen LogP contribution in [-0.2, 0) is 0 Å². The van der Waals surface area contributed by atoms with E-state index in [2.05, 4.69) is 10.6 Å².